The second-order valence-corrected chi connectivity index (χ2v) is 4.46. The number of aromatic nitrogens is 4. The molecule has 104 valence electrons. The Bertz CT molecular complexity index is 739. The van der Waals surface area contributed by atoms with Crippen LogP contribution in [0.3, 0.4) is 0 Å². The molecule has 0 spiro atoms. The summed E-state index contributed by atoms with van der Waals surface area (Å²) < 4.78 is 1.68. The van der Waals surface area contributed by atoms with Crippen LogP contribution in [0.1, 0.15) is 10.4 Å². The summed E-state index contributed by atoms with van der Waals surface area (Å²) in [6.45, 7) is 0. The van der Waals surface area contributed by atoms with Gasteiger partial charge in [0.15, 0.2) is 0 Å². The third-order valence-corrected chi connectivity index (χ3v) is 3.08. The van der Waals surface area contributed by atoms with E-state index < -0.39 is 0 Å². The van der Waals surface area contributed by atoms with Gasteiger partial charge in [0.1, 0.15) is 0 Å². The number of amides is 1. The van der Waals surface area contributed by atoms with E-state index in [1.54, 1.807) is 61.0 Å². The van der Waals surface area contributed by atoms with Crippen molar-refractivity contribution in [2.24, 2.45) is 0 Å². The first kappa shape index (κ1) is 13.0. The van der Waals surface area contributed by atoms with E-state index in [0.717, 1.165) is 5.69 Å². The molecule has 6 nitrogen and oxygen atoms in total. The van der Waals surface area contributed by atoms with Gasteiger partial charge in [-0.05, 0) is 24.3 Å². The fourth-order valence-corrected chi connectivity index (χ4v) is 1.92. The molecule has 3 rings (SSSR count). The number of hydrogen-bond acceptors (Lipinski definition) is 4. The maximum absolute atomic E-state index is 12.3. The fourth-order valence-electron chi connectivity index (χ4n) is 1.92. The lowest BCUT2D eigenvalue weighted by Gasteiger charge is -2.14. The highest BCUT2D eigenvalue weighted by Crippen LogP contribution is 2.16. The predicted octanol–water partition coefficient (Wildman–Crippen LogP) is 1.94. The molecule has 3 heterocycles. The van der Waals surface area contributed by atoms with Crippen LogP contribution < -0.4 is 4.90 Å². The molecule has 3 aromatic heterocycles. The van der Waals surface area contributed by atoms with Crippen molar-refractivity contribution in [1.29, 1.82) is 0 Å². The zero-order chi connectivity index (χ0) is 14.7. The Kier molecular flexibility index (Phi) is 3.42. The van der Waals surface area contributed by atoms with E-state index in [9.17, 15) is 4.79 Å². The van der Waals surface area contributed by atoms with Crippen molar-refractivity contribution < 1.29 is 4.79 Å². The lowest BCUT2D eigenvalue weighted by atomic mass is 10.2. The molecule has 0 saturated carbocycles. The van der Waals surface area contributed by atoms with E-state index in [2.05, 4.69) is 15.1 Å². The largest absolute Gasteiger partial charge is 0.308 e. The van der Waals surface area contributed by atoms with Gasteiger partial charge in [-0.25, -0.2) is 4.68 Å². The van der Waals surface area contributed by atoms with Crippen LogP contribution in [-0.2, 0) is 0 Å². The minimum Gasteiger partial charge on any atom is -0.308 e. The Morgan fingerprint density at radius 3 is 2.52 bits per heavy atom. The summed E-state index contributed by atoms with van der Waals surface area (Å²) in [4.78, 5) is 21.9. The number of carbonyl (C=O) groups is 1. The maximum Gasteiger partial charge on any atom is 0.259 e. The van der Waals surface area contributed by atoms with Crippen molar-refractivity contribution in [2.45, 2.75) is 0 Å². The van der Waals surface area contributed by atoms with Gasteiger partial charge in [-0.2, -0.15) is 5.10 Å². The van der Waals surface area contributed by atoms with Crippen LogP contribution in [0.15, 0.2) is 61.4 Å². The molecular weight excluding hydrogens is 266 g/mol. The van der Waals surface area contributed by atoms with Gasteiger partial charge in [0.2, 0.25) is 0 Å². The summed E-state index contributed by atoms with van der Waals surface area (Å²) in [6.07, 6.45) is 10.0. The molecular formula is C15H13N5O. The maximum atomic E-state index is 12.3. The lowest BCUT2D eigenvalue weighted by molar-refractivity contribution is 0.0992. The molecule has 0 fully saturated rings. The third kappa shape index (κ3) is 2.64. The van der Waals surface area contributed by atoms with Gasteiger partial charge in [0.05, 0.1) is 35.5 Å². The standard InChI is InChI=1S/C15H13N5O/c1-19(15(21)12-4-2-6-16-8-12)14-10-18-20(11-14)13-5-3-7-17-9-13/h2-11H,1H3. The first-order valence-electron chi connectivity index (χ1n) is 6.39. The molecule has 1 amide bonds. The lowest BCUT2D eigenvalue weighted by Crippen LogP contribution is -2.25. The number of pyridine rings is 2. The van der Waals surface area contributed by atoms with Crippen molar-refractivity contribution in [3.8, 4) is 5.69 Å². The van der Waals surface area contributed by atoms with Gasteiger partial charge in [0.25, 0.3) is 5.91 Å². The molecule has 0 atom stereocenters. The highest BCUT2D eigenvalue weighted by molar-refractivity contribution is 6.05. The SMILES string of the molecule is CN(C(=O)c1cccnc1)c1cnn(-c2cccnc2)c1. The molecule has 0 aliphatic rings. The molecule has 0 bridgehead atoms. The molecule has 6 heteroatoms. The van der Waals surface area contributed by atoms with Crippen molar-refractivity contribution in [3.63, 3.8) is 0 Å². The number of anilines is 1. The third-order valence-electron chi connectivity index (χ3n) is 3.08. The molecule has 21 heavy (non-hydrogen) atoms. The van der Waals surface area contributed by atoms with Crippen LogP contribution in [0.2, 0.25) is 0 Å². The molecule has 0 aliphatic carbocycles. The zero-order valence-electron chi connectivity index (χ0n) is 11.4. The van der Waals surface area contributed by atoms with Gasteiger partial charge in [-0.1, -0.05) is 0 Å². The van der Waals surface area contributed by atoms with Gasteiger partial charge >= 0.3 is 0 Å². The minimum atomic E-state index is -0.131. The monoisotopic (exact) mass is 279 g/mol. The first-order chi connectivity index (χ1) is 10.3. The average Bonchev–Trinajstić information content (AvgIpc) is 3.05. The molecule has 0 radical (unpaired) electrons. The van der Waals surface area contributed by atoms with Gasteiger partial charge in [-0.3, -0.25) is 14.8 Å². The van der Waals surface area contributed by atoms with Crippen LogP contribution in [0.25, 0.3) is 5.69 Å². The summed E-state index contributed by atoms with van der Waals surface area (Å²) in [5.74, 6) is -0.131. The second-order valence-electron chi connectivity index (χ2n) is 4.46. The normalized spacial score (nSPS) is 10.3. The van der Waals surface area contributed by atoms with Gasteiger partial charge < -0.3 is 4.90 Å². The summed E-state index contributed by atoms with van der Waals surface area (Å²) in [5.41, 5.74) is 2.08. The Morgan fingerprint density at radius 1 is 1.10 bits per heavy atom. The second kappa shape index (κ2) is 5.54. The molecule has 0 N–H and O–H groups in total. The topological polar surface area (TPSA) is 63.9 Å². The Hall–Kier alpha value is -3.02. The molecule has 0 aromatic carbocycles. The van der Waals surface area contributed by atoms with Crippen LogP contribution in [0.5, 0.6) is 0 Å². The van der Waals surface area contributed by atoms with E-state index in [1.807, 2.05) is 12.1 Å². The van der Waals surface area contributed by atoms with Crippen LogP contribution >= 0.6 is 0 Å². The Morgan fingerprint density at radius 2 is 1.86 bits per heavy atom. The fraction of sp³-hybridized carbons (Fsp3) is 0.0667. The van der Waals surface area contributed by atoms with E-state index >= 15 is 0 Å². The average molecular weight is 279 g/mol. The van der Waals surface area contributed by atoms with Crippen LogP contribution in [0.4, 0.5) is 5.69 Å². The number of hydrogen-bond donors (Lipinski definition) is 0. The summed E-state index contributed by atoms with van der Waals surface area (Å²) in [7, 11) is 1.71. The highest BCUT2D eigenvalue weighted by atomic mass is 16.2. The van der Waals surface area contributed by atoms with Gasteiger partial charge in [-0.15, -0.1) is 0 Å². The smallest absolute Gasteiger partial charge is 0.259 e. The number of carbonyl (C=O) groups excluding carboxylic acids is 1. The summed E-state index contributed by atoms with van der Waals surface area (Å²) in [5, 5.41) is 4.25. The van der Waals surface area contributed by atoms with Crippen LogP contribution in [-0.4, -0.2) is 32.7 Å². The molecule has 0 unspecified atom stereocenters. The Balaban J connectivity index is 1.85. The minimum absolute atomic E-state index is 0.131. The van der Waals surface area contributed by atoms with E-state index in [0.29, 0.717) is 11.3 Å². The summed E-state index contributed by atoms with van der Waals surface area (Å²) >= 11 is 0. The van der Waals surface area contributed by atoms with Crippen molar-refractivity contribution in [3.05, 3.63) is 67.0 Å². The zero-order valence-corrected chi connectivity index (χ0v) is 11.4. The molecule has 0 saturated heterocycles. The van der Waals surface area contributed by atoms with Crippen molar-refractivity contribution >= 4 is 11.6 Å². The number of rotatable bonds is 3. The molecule has 0 aliphatic heterocycles. The number of nitrogens with zero attached hydrogens (tertiary/aromatic N) is 5. The van der Waals surface area contributed by atoms with Crippen molar-refractivity contribution in [2.75, 3.05) is 11.9 Å². The predicted molar refractivity (Wildman–Crippen MR) is 78.3 cm³/mol. The quantitative estimate of drug-likeness (QED) is 0.735. The van der Waals surface area contributed by atoms with Crippen molar-refractivity contribution in [1.82, 2.24) is 19.7 Å². The highest BCUT2D eigenvalue weighted by Gasteiger charge is 2.15. The van der Waals surface area contributed by atoms with E-state index in [1.165, 1.54) is 4.90 Å². The van der Waals surface area contributed by atoms with E-state index in [4.69, 9.17) is 0 Å². The molecule has 3 aromatic rings. The van der Waals surface area contributed by atoms with Gasteiger partial charge in [0, 0.05) is 25.6 Å². The Labute approximate surface area is 121 Å². The first-order valence-corrected chi connectivity index (χ1v) is 6.39. The summed E-state index contributed by atoms with van der Waals surface area (Å²) in [6, 6.07) is 7.20. The van der Waals surface area contributed by atoms with E-state index in [-0.39, 0.29) is 5.91 Å². The van der Waals surface area contributed by atoms with Crippen LogP contribution in [0, 0.1) is 0 Å².